The van der Waals surface area contributed by atoms with Crippen molar-refractivity contribution < 1.29 is 43.9 Å². The van der Waals surface area contributed by atoms with Crippen LogP contribution >= 0.6 is 7.60 Å². The van der Waals surface area contributed by atoms with E-state index in [1.54, 1.807) is 0 Å². The Morgan fingerprint density at radius 2 is 1.43 bits per heavy atom. The van der Waals surface area contributed by atoms with Gasteiger partial charge in [-0.05, 0) is 111 Å². The summed E-state index contributed by atoms with van der Waals surface area (Å²) in [6.45, 7) is 11.6. The Kier molecular flexibility index (Phi) is 16.7. The third kappa shape index (κ3) is 10.3. The lowest BCUT2D eigenvalue weighted by Gasteiger charge is -2.65. The van der Waals surface area contributed by atoms with Gasteiger partial charge in [0.25, 0.3) is 0 Å². The number of aliphatic hydroxyl groups is 3. The number of fused-ring (bicyclic) bond motifs is 5. The van der Waals surface area contributed by atoms with Crippen LogP contribution in [0.2, 0.25) is 0 Å². The monoisotopic (exact) mass is 771 g/mol. The van der Waals surface area contributed by atoms with Crippen molar-refractivity contribution in [3.05, 3.63) is 0 Å². The normalized spacial score (nSPS) is 40.5. The zero-order chi connectivity index (χ0) is 38.2. The molecule has 4 aliphatic carbocycles. The second-order valence-corrected chi connectivity index (χ2v) is 20.7. The van der Waals surface area contributed by atoms with E-state index in [4.69, 9.17) is 14.2 Å². The average Bonchev–Trinajstić information content (AvgIpc) is 3.71. The second kappa shape index (κ2) is 20.1. The summed E-state index contributed by atoms with van der Waals surface area (Å²) in [4.78, 5) is 21.0. The van der Waals surface area contributed by atoms with Gasteiger partial charge in [0.05, 0.1) is 36.7 Å². The lowest BCUT2D eigenvalue weighted by atomic mass is 9.43. The topological polar surface area (TPSA) is 146 Å². The van der Waals surface area contributed by atoms with Crippen molar-refractivity contribution in [1.29, 1.82) is 0 Å². The van der Waals surface area contributed by atoms with E-state index in [1.165, 1.54) is 70.6 Å². The fourth-order valence-electron chi connectivity index (χ4n) is 12.8. The van der Waals surface area contributed by atoms with Crippen LogP contribution in [0.3, 0.4) is 0 Å². The summed E-state index contributed by atoms with van der Waals surface area (Å²) in [5.41, 5.74) is -2.04. The second-order valence-electron chi connectivity index (χ2n) is 18.9. The molecule has 1 saturated heterocycles. The summed E-state index contributed by atoms with van der Waals surface area (Å²) in [7, 11) is -4.50. The molecule has 0 aromatic rings. The molecule has 1 aliphatic heterocycles. The summed E-state index contributed by atoms with van der Waals surface area (Å²) in [5, 5.41) is 34.2. The molecule has 14 atom stereocenters. The molecule has 9 nitrogen and oxygen atoms in total. The zero-order valence-electron chi connectivity index (χ0n) is 33.9. The summed E-state index contributed by atoms with van der Waals surface area (Å²) in [5.74, 6) is 0.323. The Morgan fingerprint density at radius 3 is 2.09 bits per heavy atom. The maximum absolute atomic E-state index is 12.9. The first kappa shape index (κ1) is 44.0. The first-order valence-corrected chi connectivity index (χ1v) is 23.9. The molecule has 53 heavy (non-hydrogen) atoms. The summed E-state index contributed by atoms with van der Waals surface area (Å²) >= 11 is 0. The van der Waals surface area contributed by atoms with Crippen molar-refractivity contribution in [2.24, 2.45) is 46.3 Å². The van der Waals surface area contributed by atoms with Gasteiger partial charge in [-0.3, -0.25) is 4.57 Å². The van der Waals surface area contributed by atoms with Gasteiger partial charge in [-0.2, -0.15) is 0 Å². The van der Waals surface area contributed by atoms with E-state index in [2.05, 4.69) is 20.8 Å². The number of hydrogen-bond donors (Lipinski definition) is 5. The molecule has 0 aromatic heterocycles. The van der Waals surface area contributed by atoms with Gasteiger partial charge >= 0.3 is 7.60 Å². The van der Waals surface area contributed by atoms with Crippen LogP contribution in [-0.2, 0) is 18.8 Å². The number of unbranched alkanes of at least 4 members (excludes halogenated alkanes) is 11. The molecule has 0 spiro atoms. The lowest BCUT2D eigenvalue weighted by Crippen LogP contribution is -2.65. The van der Waals surface area contributed by atoms with Gasteiger partial charge in [0.15, 0.2) is 0 Å². The van der Waals surface area contributed by atoms with Crippen molar-refractivity contribution in [3.63, 3.8) is 0 Å². The molecule has 4 saturated carbocycles. The summed E-state index contributed by atoms with van der Waals surface area (Å²) in [6.07, 6.45) is 20.5. The zero-order valence-corrected chi connectivity index (χ0v) is 34.8. The van der Waals surface area contributed by atoms with E-state index in [1.807, 2.05) is 6.92 Å². The molecule has 5 N–H and O–H groups in total. The van der Waals surface area contributed by atoms with Crippen LogP contribution in [0.25, 0.3) is 0 Å². The molecule has 0 bridgehead atoms. The minimum absolute atomic E-state index is 0.00515. The Balaban J connectivity index is 1.01. The lowest BCUT2D eigenvalue weighted by molar-refractivity contribution is -0.206. The standard InChI is InChI=1S/C43H79O9P/c1-5-6-7-8-9-10-11-12-13-14-15-16-23-51-37-21-24-52-38(37)29-50-22-17-18-30(2)33-19-20-34-41-35(28-39(46)43(33,34)4)42(3)31(26-36(41)45)25-32(44)27-40(42)53(47,48)49/h30-41,44-46H,5-29H2,1-4H3,(H2,47,48,49)/t30-,31+,32+,33-,34+,35+,36-,37+,38+,39+,40?,41+,42+,43-/m1/s1. The quantitative estimate of drug-likeness (QED) is 0.0541. The van der Waals surface area contributed by atoms with E-state index in [9.17, 15) is 29.7 Å². The van der Waals surface area contributed by atoms with Gasteiger partial charge < -0.3 is 39.3 Å². The molecule has 0 radical (unpaired) electrons. The Labute approximate surface area is 322 Å². The maximum atomic E-state index is 12.9. The van der Waals surface area contributed by atoms with Gasteiger partial charge in [0.1, 0.15) is 6.10 Å². The molecule has 1 unspecified atom stereocenters. The number of rotatable bonds is 22. The largest absolute Gasteiger partial charge is 0.393 e. The Hall–Kier alpha value is -0.0900. The molecule has 5 rings (SSSR count). The number of ether oxygens (including phenoxy) is 3. The predicted octanol–water partition coefficient (Wildman–Crippen LogP) is 8.41. The van der Waals surface area contributed by atoms with Crippen molar-refractivity contribution in [2.75, 3.05) is 26.4 Å². The highest BCUT2D eigenvalue weighted by Gasteiger charge is 2.69. The molecule has 0 amide bonds. The van der Waals surface area contributed by atoms with Crippen molar-refractivity contribution in [3.8, 4) is 0 Å². The molecular formula is C43H79O9P. The van der Waals surface area contributed by atoms with Crippen LogP contribution in [-0.4, -0.2) is 87.7 Å². The van der Waals surface area contributed by atoms with Gasteiger partial charge in [-0.1, -0.05) is 98.3 Å². The van der Waals surface area contributed by atoms with Crippen LogP contribution in [0.4, 0.5) is 0 Å². The van der Waals surface area contributed by atoms with E-state index in [-0.39, 0.29) is 47.7 Å². The van der Waals surface area contributed by atoms with E-state index in [0.29, 0.717) is 44.3 Å². The minimum atomic E-state index is -4.50. The van der Waals surface area contributed by atoms with Crippen LogP contribution in [0.15, 0.2) is 0 Å². The molecule has 310 valence electrons. The third-order valence-electron chi connectivity index (χ3n) is 15.7. The average molecular weight is 771 g/mol. The molecule has 0 aromatic carbocycles. The highest BCUT2D eigenvalue weighted by Crippen LogP contribution is 2.71. The van der Waals surface area contributed by atoms with Gasteiger partial charge in [0, 0.05) is 19.8 Å². The first-order valence-electron chi connectivity index (χ1n) is 22.2. The van der Waals surface area contributed by atoms with Gasteiger partial charge in [-0.25, -0.2) is 0 Å². The van der Waals surface area contributed by atoms with Crippen molar-refractivity contribution in [2.45, 2.75) is 199 Å². The minimum Gasteiger partial charge on any atom is -0.393 e. The maximum Gasteiger partial charge on any atom is 0.329 e. The third-order valence-corrected chi connectivity index (χ3v) is 17.3. The highest BCUT2D eigenvalue weighted by molar-refractivity contribution is 7.52. The molecular weight excluding hydrogens is 691 g/mol. The van der Waals surface area contributed by atoms with Crippen LogP contribution in [0.5, 0.6) is 0 Å². The van der Waals surface area contributed by atoms with Gasteiger partial charge in [0.2, 0.25) is 0 Å². The molecule has 10 heteroatoms. The summed E-state index contributed by atoms with van der Waals surface area (Å²) in [6, 6.07) is 0. The fourth-order valence-corrected chi connectivity index (χ4v) is 14.4. The Morgan fingerprint density at radius 1 is 0.774 bits per heavy atom. The van der Waals surface area contributed by atoms with E-state index in [0.717, 1.165) is 51.7 Å². The number of hydrogen-bond acceptors (Lipinski definition) is 7. The van der Waals surface area contributed by atoms with Crippen LogP contribution < -0.4 is 0 Å². The number of aliphatic hydroxyl groups excluding tert-OH is 3. The van der Waals surface area contributed by atoms with Crippen LogP contribution in [0, 0.1) is 46.3 Å². The molecule has 1 heterocycles. The van der Waals surface area contributed by atoms with Gasteiger partial charge in [-0.15, -0.1) is 0 Å². The summed E-state index contributed by atoms with van der Waals surface area (Å²) < 4.78 is 31.3. The predicted molar refractivity (Wildman–Crippen MR) is 210 cm³/mol. The van der Waals surface area contributed by atoms with Crippen molar-refractivity contribution in [1.82, 2.24) is 0 Å². The van der Waals surface area contributed by atoms with Crippen LogP contribution in [0.1, 0.15) is 163 Å². The fraction of sp³-hybridized carbons (Fsp3) is 1.00. The molecule has 5 aliphatic rings. The highest BCUT2D eigenvalue weighted by atomic mass is 31.2. The molecule has 5 fully saturated rings. The van der Waals surface area contributed by atoms with Crippen molar-refractivity contribution >= 4 is 7.60 Å². The van der Waals surface area contributed by atoms with E-state index < -0.39 is 37.0 Å². The smallest absolute Gasteiger partial charge is 0.329 e. The SMILES string of the molecule is CCCCCCCCCCCCCCO[C@H]1CCO[C@H]1COCCC[C@@H](C)[C@H]1CC[C@H]2[C@@H]3[C@H](O)C[C@@H]4C[C@H](O)CC(P(=O)(O)O)[C@]4(C)[C@H]3C[C@H](O)[C@]12C. The first-order chi connectivity index (χ1) is 25.3. The Bertz CT molecular complexity index is 1140. The van der Waals surface area contributed by atoms with E-state index >= 15 is 0 Å².